The fourth-order valence-electron chi connectivity index (χ4n) is 4.68. The van der Waals surface area contributed by atoms with Crippen LogP contribution in [0.1, 0.15) is 35.8 Å². The largest absolute Gasteiger partial charge is 0.376 e. The van der Waals surface area contributed by atoms with Gasteiger partial charge in [-0.1, -0.05) is 29.8 Å². The topological polar surface area (TPSA) is 59.3 Å². The molecule has 0 amide bonds. The highest BCUT2D eigenvalue weighted by Gasteiger charge is 2.31. The fraction of sp³-hybridized carbons (Fsp3) is 0.458. The van der Waals surface area contributed by atoms with Crippen LogP contribution in [0.4, 0.5) is 10.1 Å². The Morgan fingerprint density at radius 2 is 1.78 bits per heavy atom. The van der Waals surface area contributed by atoms with Gasteiger partial charge in [0.15, 0.2) is 5.82 Å². The minimum atomic E-state index is -0.204. The molecule has 2 saturated heterocycles. The van der Waals surface area contributed by atoms with Crippen LogP contribution in [0.5, 0.6) is 0 Å². The van der Waals surface area contributed by atoms with Crippen molar-refractivity contribution in [3.63, 3.8) is 0 Å². The number of hydrogen-bond acceptors (Lipinski definition) is 6. The lowest BCUT2D eigenvalue weighted by molar-refractivity contribution is 0.0906. The van der Waals surface area contributed by atoms with E-state index in [9.17, 15) is 4.39 Å². The molecule has 0 bridgehead atoms. The average molecular weight is 437 g/mol. The number of nitrogens with zero attached hydrogens (tertiary/aromatic N) is 6. The van der Waals surface area contributed by atoms with E-state index < -0.39 is 0 Å². The summed E-state index contributed by atoms with van der Waals surface area (Å²) in [5.74, 6) is 0.657. The predicted octanol–water partition coefficient (Wildman–Crippen LogP) is 3.21. The van der Waals surface area contributed by atoms with E-state index >= 15 is 0 Å². The van der Waals surface area contributed by atoms with Gasteiger partial charge in [-0.2, -0.15) is 0 Å². The van der Waals surface area contributed by atoms with Crippen LogP contribution < -0.4 is 4.90 Å². The van der Waals surface area contributed by atoms with Crippen LogP contribution in [0.25, 0.3) is 0 Å². The van der Waals surface area contributed by atoms with Crippen molar-refractivity contribution in [3.05, 3.63) is 71.3 Å². The van der Waals surface area contributed by atoms with E-state index in [1.165, 1.54) is 23.3 Å². The molecular weight excluding hydrogens is 407 g/mol. The monoisotopic (exact) mass is 436 g/mol. The molecule has 2 aliphatic heterocycles. The van der Waals surface area contributed by atoms with Gasteiger partial charge in [0, 0.05) is 38.5 Å². The molecule has 168 valence electrons. The van der Waals surface area contributed by atoms with Crippen LogP contribution in [0.15, 0.2) is 48.5 Å². The highest BCUT2D eigenvalue weighted by Crippen LogP contribution is 2.30. The van der Waals surface area contributed by atoms with Gasteiger partial charge in [0.1, 0.15) is 5.82 Å². The van der Waals surface area contributed by atoms with Gasteiger partial charge in [-0.3, -0.25) is 4.90 Å². The number of anilines is 1. The molecule has 1 aromatic heterocycles. The second-order valence-electron chi connectivity index (χ2n) is 8.67. The first-order chi connectivity index (χ1) is 15.7. The number of piperazine rings is 1. The summed E-state index contributed by atoms with van der Waals surface area (Å²) in [7, 11) is 0. The molecule has 2 fully saturated rings. The first kappa shape index (κ1) is 21.0. The molecule has 0 saturated carbocycles. The summed E-state index contributed by atoms with van der Waals surface area (Å²) in [6.07, 6.45) is 2.31. The highest BCUT2D eigenvalue weighted by molar-refractivity contribution is 5.46. The van der Waals surface area contributed by atoms with Crippen LogP contribution in [-0.4, -0.2) is 64.0 Å². The van der Waals surface area contributed by atoms with Crippen molar-refractivity contribution in [2.24, 2.45) is 0 Å². The van der Waals surface area contributed by atoms with Gasteiger partial charge in [0.05, 0.1) is 18.7 Å². The minimum Gasteiger partial charge on any atom is -0.376 e. The van der Waals surface area contributed by atoms with Crippen molar-refractivity contribution in [2.75, 3.05) is 37.7 Å². The van der Waals surface area contributed by atoms with Gasteiger partial charge in [0.25, 0.3) is 0 Å². The van der Waals surface area contributed by atoms with Gasteiger partial charge in [0.2, 0.25) is 0 Å². The van der Waals surface area contributed by atoms with Crippen LogP contribution in [0.3, 0.4) is 0 Å². The molecule has 2 aromatic carbocycles. The number of hydrogen-bond donors (Lipinski definition) is 0. The number of aromatic nitrogens is 4. The lowest BCUT2D eigenvalue weighted by atomic mass is 10.0. The Hall–Kier alpha value is -2.84. The van der Waals surface area contributed by atoms with E-state index in [0.717, 1.165) is 57.1 Å². The SMILES string of the molecule is Cc1ccc([C@H](c2nnnn2C[C@@H]2CCCO2)N2CCN(c3ccc(F)cc3)CC2)cc1. The summed E-state index contributed by atoms with van der Waals surface area (Å²) < 4.78 is 21.1. The zero-order valence-electron chi connectivity index (χ0n) is 18.4. The molecule has 0 aliphatic carbocycles. The smallest absolute Gasteiger partial charge is 0.173 e. The molecule has 5 rings (SSSR count). The number of ether oxygens (including phenoxy) is 1. The molecule has 2 aliphatic rings. The maximum absolute atomic E-state index is 13.3. The average Bonchev–Trinajstić information content (AvgIpc) is 3.49. The second kappa shape index (κ2) is 9.34. The minimum absolute atomic E-state index is 0.0256. The van der Waals surface area contributed by atoms with Crippen LogP contribution in [-0.2, 0) is 11.3 Å². The van der Waals surface area contributed by atoms with Crippen molar-refractivity contribution in [2.45, 2.75) is 38.5 Å². The molecule has 0 N–H and O–H groups in total. The van der Waals surface area contributed by atoms with E-state index in [0.29, 0.717) is 6.54 Å². The highest BCUT2D eigenvalue weighted by atomic mass is 19.1. The van der Waals surface area contributed by atoms with Crippen molar-refractivity contribution in [1.29, 1.82) is 0 Å². The Kier molecular flexibility index (Phi) is 6.14. The number of rotatable bonds is 6. The van der Waals surface area contributed by atoms with Crippen molar-refractivity contribution in [1.82, 2.24) is 25.1 Å². The van der Waals surface area contributed by atoms with Gasteiger partial charge < -0.3 is 9.64 Å². The summed E-state index contributed by atoms with van der Waals surface area (Å²) in [6, 6.07) is 15.4. The third-order valence-corrected chi connectivity index (χ3v) is 6.47. The Morgan fingerprint density at radius 1 is 1.03 bits per heavy atom. The Morgan fingerprint density at radius 3 is 2.47 bits per heavy atom. The molecule has 8 heteroatoms. The maximum atomic E-state index is 13.3. The lowest BCUT2D eigenvalue weighted by Gasteiger charge is -2.40. The summed E-state index contributed by atoms with van der Waals surface area (Å²) in [5.41, 5.74) is 3.47. The molecule has 3 heterocycles. The zero-order valence-corrected chi connectivity index (χ0v) is 18.4. The Labute approximate surface area is 187 Å². The van der Waals surface area contributed by atoms with E-state index in [-0.39, 0.29) is 18.0 Å². The summed E-state index contributed by atoms with van der Waals surface area (Å²) >= 11 is 0. The van der Waals surface area contributed by atoms with E-state index in [1.807, 2.05) is 16.8 Å². The molecule has 7 nitrogen and oxygen atoms in total. The predicted molar refractivity (Wildman–Crippen MR) is 120 cm³/mol. The van der Waals surface area contributed by atoms with E-state index in [1.54, 1.807) is 0 Å². The number of benzene rings is 2. The van der Waals surface area contributed by atoms with Gasteiger partial charge in [-0.05, 0) is 60.0 Å². The zero-order chi connectivity index (χ0) is 21.9. The van der Waals surface area contributed by atoms with Crippen molar-refractivity contribution < 1.29 is 9.13 Å². The van der Waals surface area contributed by atoms with Crippen LogP contribution >= 0.6 is 0 Å². The Balaban J connectivity index is 1.38. The fourth-order valence-corrected chi connectivity index (χ4v) is 4.68. The lowest BCUT2D eigenvalue weighted by Crippen LogP contribution is -2.48. The van der Waals surface area contributed by atoms with Crippen molar-refractivity contribution in [3.8, 4) is 0 Å². The van der Waals surface area contributed by atoms with Crippen LogP contribution in [0.2, 0.25) is 0 Å². The molecule has 3 aromatic rings. The van der Waals surface area contributed by atoms with Crippen LogP contribution in [0, 0.1) is 12.7 Å². The normalized spacial score (nSPS) is 20.6. The van der Waals surface area contributed by atoms with E-state index in [4.69, 9.17) is 4.74 Å². The molecule has 32 heavy (non-hydrogen) atoms. The van der Waals surface area contributed by atoms with Gasteiger partial charge >= 0.3 is 0 Å². The standard InChI is InChI=1S/C24H29FN6O/c1-18-4-6-19(7-5-18)23(24-26-27-28-31(24)17-22-3-2-16-32-22)30-14-12-29(13-15-30)21-10-8-20(25)9-11-21/h4-11,22-23H,2-3,12-17H2,1H3/t22-,23+/m0/s1. The molecule has 0 radical (unpaired) electrons. The summed E-state index contributed by atoms with van der Waals surface area (Å²) in [4.78, 5) is 4.75. The third kappa shape index (κ3) is 4.52. The number of halogens is 1. The summed E-state index contributed by atoms with van der Waals surface area (Å²) in [5, 5.41) is 12.8. The number of tetrazole rings is 1. The van der Waals surface area contributed by atoms with Gasteiger partial charge in [-0.25, -0.2) is 9.07 Å². The van der Waals surface area contributed by atoms with Crippen molar-refractivity contribution >= 4 is 5.69 Å². The molecule has 0 unspecified atom stereocenters. The molecular formula is C24H29FN6O. The van der Waals surface area contributed by atoms with E-state index in [2.05, 4.69) is 56.5 Å². The van der Waals surface area contributed by atoms with Gasteiger partial charge in [-0.15, -0.1) is 5.10 Å². The maximum Gasteiger partial charge on any atom is 0.173 e. The third-order valence-electron chi connectivity index (χ3n) is 6.47. The first-order valence-electron chi connectivity index (χ1n) is 11.4. The quantitative estimate of drug-likeness (QED) is 0.592. The second-order valence-corrected chi connectivity index (χ2v) is 8.67. The first-order valence-corrected chi connectivity index (χ1v) is 11.4. The molecule has 0 spiro atoms. The summed E-state index contributed by atoms with van der Waals surface area (Å²) in [6.45, 7) is 7.05. The number of aryl methyl sites for hydroxylation is 1. The molecule has 2 atom stereocenters. The Bertz CT molecular complexity index is 1010.